The maximum absolute atomic E-state index is 11.4. The highest BCUT2D eigenvalue weighted by Crippen LogP contribution is 2.33. The Morgan fingerprint density at radius 1 is 1.54 bits per heavy atom. The van der Waals surface area contributed by atoms with Crippen LogP contribution in [0.2, 0.25) is 0 Å². The van der Waals surface area contributed by atoms with E-state index in [1.807, 2.05) is 26.0 Å². The Labute approximate surface area is 90.0 Å². The van der Waals surface area contributed by atoms with Crippen molar-refractivity contribution in [3.05, 3.63) is 20.8 Å². The smallest absolute Gasteiger partial charge is 0.316 e. The average molecular weight is 263 g/mol. The van der Waals surface area contributed by atoms with Crippen LogP contribution in [0.3, 0.4) is 0 Å². The van der Waals surface area contributed by atoms with E-state index >= 15 is 0 Å². The molecular formula is C9H11BrO2S. The van der Waals surface area contributed by atoms with Crippen molar-refractivity contribution < 1.29 is 9.53 Å². The fourth-order valence-electron chi connectivity index (χ4n) is 1.01. The van der Waals surface area contributed by atoms with Gasteiger partial charge in [-0.15, -0.1) is 11.3 Å². The first-order chi connectivity index (χ1) is 5.98. The fraction of sp³-hybridized carbons (Fsp3) is 0.444. The molecule has 0 atom stereocenters. The molecule has 1 aromatic heterocycles. The Morgan fingerprint density at radius 3 is 2.54 bits per heavy atom. The highest BCUT2D eigenvalue weighted by molar-refractivity contribution is 9.11. The molecule has 0 amide bonds. The predicted molar refractivity (Wildman–Crippen MR) is 57.1 cm³/mol. The van der Waals surface area contributed by atoms with Crippen molar-refractivity contribution in [3.8, 4) is 0 Å². The van der Waals surface area contributed by atoms with E-state index in [1.165, 1.54) is 7.11 Å². The van der Waals surface area contributed by atoms with Crippen LogP contribution in [-0.4, -0.2) is 13.1 Å². The summed E-state index contributed by atoms with van der Waals surface area (Å²) >= 11 is 4.92. The van der Waals surface area contributed by atoms with Crippen molar-refractivity contribution in [2.24, 2.45) is 0 Å². The molecule has 0 unspecified atom stereocenters. The van der Waals surface area contributed by atoms with Gasteiger partial charge in [-0.3, -0.25) is 4.79 Å². The van der Waals surface area contributed by atoms with E-state index in [9.17, 15) is 4.79 Å². The summed E-state index contributed by atoms with van der Waals surface area (Å²) in [5, 5.41) is 0. The van der Waals surface area contributed by atoms with Gasteiger partial charge in [-0.05, 0) is 41.9 Å². The van der Waals surface area contributed by atoms with Crippen LogP contribution < -0.4 is 0 Å². The second-order valence-corrected chi connectivity index (χ2v) is 5.68. The first kappa shape index (κ1) is 10.7. The highest BCUT2D eigenvalue weighted by Gasteiger charge is 2.32. The van der Waals surface area contributed by atoms with E-state index in [1.54, 1.807) is 11.3 Å². The van der Waals surface area contributed by atoms with Crippen LogP contribution in [-0.2, 0) is 14.9 Å². The molecule has 0 saturated heterocycles. The molecule has 4 heteroatoms. The van der Waals surface area contributed by atoms with Gasteiger partial charge >= 0.3 is 5.97 Å². The van der Waals surface area contributed by atoms with E-state index in [4.69, 9.17) is 4.74 Å². The van der Waals surface area contributed by atoms with Crippen LogP contribution in [0.1, 0.15) is 18.7 Å². The minimum atomic E-state index is -0.550. The van der Waals surface area contributed by atoms with Crippen molar-refractivity contribution in [1.82, 2.24) is 0 Å². The third-order valence-electron chi connectivity index (χ3n) is 1.88. The number of hydrogen-bond acceptors (Lipinski definition) is 3. The van der Waals surface area contributed by atoms with Crippen molar-refractivity contribution in [1.29, 1.82) is 0 Å². The first-order valence-corrected chi connectivity index (χ1v) is 5.43. The number of carbonyl (C=O) groups excluding carboxylic acids is 1. The zero-order valence-corrected chi connectivity index (χ0v) is 10.2. The molecule has 72 valence electrons. The van der Waals surface area contributed by atoms with Gasteiger partial charge in [0.2, 0.25) is 0 Å². The maximum Gasteiger partial charge on any atom is 0.316 e. The quantitative estimate of drug-likeness (QED) is 0.767. The molecule has 0 bridgehead atoms. The van der Waals surface area contributed by atoms with Gasteiger partial charge in [-0.2, -0.15) is 0 Å². The van der Waals surface area contributed by atoms with Crippen LogP contribution in [0.4, 0.5) is 0 Å². The molecule has 0 N–H and O–H groups in total. The third kappa shape index (κ3) is 2.11. The average Bonchev–Trinajstić information content (AvgIpc) is 2.50. The molecule has 0 saturated carbocycles. The van der Waals surface area contributed by atoms with Crippen LogP contribution in [0.5, 0.6) is 0 Å². The summed E-state index contributed by atoms with van der Waals surface area (Å²) in [7, 11) is 1.41. The number of carbonyl (C=O) groups is 1. The SMILES string of the molecule is COC(=O)C(C)(C)c1ccc(Br)s1. The highest BCUT2D eigenvalue weighted by atomic mass is 79.9. The largest absolute Gasteiger partial charge is 0.468 e. The van der Waals surface area contributed by atoms with E-state index in [-0.39, 0.29) is 5.97 Å². The molecule has 0 aliphatic carbocycles. The molecule has 1 aromatic rings. The maximum atomic E-state index is 11.4. The van der Waals surface area contributed by atoms with Crippen LogP contribution in [0, 0.1) is 0 Å². The summed E-state index contributed by atoms with van der Waals surface area (Å²) in [6, 6.07) is 3.87. The number of methoxy groups -OCH3 is 1. The summed E-state index contributed by atoms with van der Waals surface area (Å²) in [5.41, 5.74) is -0.550. The van der Waals surface area contributed by atoms with Gasteiger partial charge < -0.3 is 4.74 Å². The zero-order valence-electron chi connectivity index (χ0n) is 7.76. The Morgan fingerprint density at radius 2 is 2.15 bits per heavy atom. The molecule has 1 rings (SSSR count). The summed E-state index contributed by atoms with van der Waals surface area (Å²) in [6.45, 7) is 3.72. The summed E-state index contributed by atoms with van der Waals surface area (Å²) in [5.74, 6) is -0.207. The van der Waals surface area contributed by atoms with E-state index in [0.717, 1.165) is 8.66 Å². The van der Waals surface area contributed by atoms with E-state index in [0.29, 0.717) is 0 Å². The Hall–Kier alpha value is -0.350. The van der Waals surface area contributed by atoms with Crippen molar-refractivity contribution in [2.45, 2.75) is 19.3 Å². The predicted octanol–water partition coefficient (Wildman–Crippen LogP) is 2.96. The minimum absolute atomic E-state index is 0.207. The van der Waals surface area contributed by atoms with Gasteiger partial charge in [0.1, 0.15) is 0 Å². The molecule has 0 radical (unpaired) electrons. The molecule has 0 fully saturated rings. The minimum Gasteiger partial charge on any atom is -0.468 e. The number of esters is 1. The zero-order chi connectivity index (χ0) is 10.1. The lowest BCUT2D eigenvalue weighted by Crippen LogP contribution is -2.29. The van der Waals surface area contributed by atoms with Gasteiger partial charge in [0.25, 0.3) is 0 Å². The van der Waals surface area contributed by atoms with Crippen LogP contribution in [0.15, 0.2) is 15.9 Å². The van der Waals surface area contributed by atoms with E-state index in [2.05, 4.69) is 15.9 Å². The molecule has 2 nitrogen and oxygen atoms in total. The number of thiophene rings is 1. The van der Waals surface area contributed by atoms with Crippen LogP contribution >= 0.6 is 27.3 Å². The number of hydrogen-bond donors (Lipinski definition) is 0. The Balaban J connectivity index is 2.99. The van der Waals surface area contributed by atoms with Crippen molar-refractivity contribution in [2.75, 3.05) is 7.11 Å². The lowest BCUT2D eigenvalue weighted by Gasteiger charge is -2.19. The van der Waals surface area contributed by atoms with Gasteiger partial charge in [0.15, 0.2) is 0 Å². The molecule has 13 heavy (non-hydrogen) atoms. The summed E-state index contributed by atoms with van der Waals surface area (Å²) in [6.07, 6.45) is 0. The third-order valence-corrected chi connectivity index (χ3v) is 3.83. The molecule has 0 spiro atoms. The standard InChI is InChI=1S/C9H11BrO2S/c1-9(2,8(11)12-3)6-4-5-7(10)13-6/h4-5H,1-3H3. The number of rotatable bonds is 2. The summed E-state index contributed by atoms with van der Waals surface area (Å²) in [4.78, 5) is 12.4. The van der Waals surface area contributed by atoms with Gasteiger partial charge in [-0.25, -0.2) is 0 Å². The van der Waals surface area contributed by atoms with Crippen molar-refractivity contribution >= 4 is 33.2 Å². The Kier molecular flexibility index (Phi) is 3.14. The van der Waals surface area contributed by atoms with Gasteiger partial charge in [-0.1, -0.05) is 0 Å². The second-order valence-electron chi connectivity index (χ2n) is 3.22. The van der Waals surface area contributed by atoms with E-state index < -0.39 is 5.41 Å². The second kappa shape index (κ2) is 3.80. The first-order valence-electron chi connectivity index (χ1n) is 3.82. The molecular weight excluding hydrogens is 252 g/mol. The van der Waals surface area contributed by atoms with Crippen LogP contribution in [0.25, 0.3) is 0 Å². The topological polar surface area (TPSA) is 26.3 Å². The normalized spacial score (nSPS) is 11.4. The molecule has 0 aromatic carbocycles. The van der Waals surface area contributed by atoms with Gasteiger partial charge in [0, 0.05) is 4.88 Å². The molecule has 0 aliphatic rings. The summed E-state index contributed by atoms with van der Waals surface area (Å²) < 4.78 is 5.76. The monoisotopic (exact) mass is 262 g/mol. The van der Waals surface area contributed by atoms with Crippen molar-refractivity contribution in [3.63, 3.8) is 0 Å². The molecule has 1 heterocycles. The fourth-order valence-corrected chi connectivity index (χ4v) is 2.48. The number of halogens is 1. The Bertz CT molecular complexity index is 317. The molecule has 0 aliphatic heterocycles. The van der Waals surface area contributed by atoms with Gasteiger partial charge in [0.05, 0.1) is 16.3 Å². The lowest BCUT2D eigenvalue weighted by molar-refractivity contribution is -0.146. The number of ether oxygens (including phenoxy) is 1. The lowest BCUT2D eigenvalue weighted by atomic mass is 9.92.